The highest BCUT2D eigenvalue weighted by atomic mass is 79.9. The standard InChI is InChI=1S/C16H15BrClFO2/c1-9-6-14(20-2)15(21-3)8-11(9)16(18)10-4-5-13(19)12(17)7-10/h4-8,16H,1-3H3. The summed E-state index contributed by atoms with van der Waals surface area (Å²) in [5.74, 6) is 0.958. The Morgan fingerprint density at radius 3 is 2.29 bits per heavy atom. The van der Waals surface area contributed by atoms with E-state index in [1.54, 1.807) is 26.4 Å². The first-order chi connectivity index (χ1) is 9.97. The molecule has 2 nitrogen and oxygen atoms in total. The smallest absolute Gasteiger partial charge is 0.161 e. The van der Waals surface area contributed by atoms with E-state index in [0.717, 1.165) is 16.7 Å². The van der Waals surface area contributed by atoms with E-state index < -0.39 is 5.38 Å². The van der Waals surface area contributed by atoms with Gasteiger partial charge in [-0.05, 0) is 63.8 Å². The number of rotatable bonds is 4. The third-order valence-corrected chi connectivity index (χ3v) is 4.38. The average molecular weight is 374 g/mol. The normalized spacial score (nSPS) is 12.1. The topological polar surface area (TPSA) is 18.5 Å². The van der Waals surface area contributed by atoms with E-state index in [-0.39, 0.29) is 5.82 Å². The van der Waals surface area contributed by atoms with E-state index in [2.05, 4.69) is 15.9 Å². The number of benzene rings is 2. The Hall–Kier alpha value is -1.26. The molecule has 21 heavy (non-hydrogen) atoms. The van der Waals surface area contributed by atoms with Gasteiger partial charge in [0.2, 0.25) is 0 Å². The Morgan fingerprint density at radius 2 is 1.71 bits per heavy atom. The number of aryl methyl sites for hydroxylation is 1. The van der Waals surface area contributed by atoms with E-state index in [1.807, 2.05) is 19.1 Å². The van der Waals surface area contributed by atoms with Gasteiger partial charge in [0.15, 0.2) is 11.5 Å². The summed E-state index contributed by atoms with van der Waals surface area (Å²) in [5, 5.41) is -0.401. The van der Waals surface area contributed by atoms with Crippen molar-refractivity contribution in [2.45, 2.75) is 12.3 Å². The zero-order valence-corrected chi connectivity index (χ0v) is 14.3. The second-order valence-electron chi connectivity index (χ2n) is 4.60. The Labute approximate surface area is 137 Å². The van der Waals surface area contributed by atoms with Crippen molar-refractivity contribution in [3.05, 3.63) is 57.3 Å². The van der Waals surface area contributed by atoms with Gasteiger partial charge in [-0.1, -0.05) is 6.07 Å². The largest absolute Gasteiger partial charge is 0.493 e. The Kier molecular flexibility index (Phi) is 5.12. The second-order valence-corrected chi connectivity index (χ2v) is 5.89. The van der Waals surface area contributed by atoms with Crippen LogP contribution in [0.5, 0.6) is 11.5 Å². The Morgan fingerprint density at radius 1 is 1.10 bits per heavy atom. The third kappa shape index (κ3) is 3.33. The minimum atomic E-state index is -0.401. The van der Waals surface area contributed by atoms with Crippen LogP contribution in [-0.2, 0) is 0 Å². The van der Waals surface area contributed by atoms with Crippen LogP contribution in [0.25, 0.3) is 0 Å². The van der Waals surface area contributed by atoms with Gasteiger partial charge in [0.25, 0.3) is 0 Å². The molecule has 0 aliphatic carbocycles. The zero-order valence-electron chi connectivity index (χ0n) is 11.9. The molecule has 0 aliphatic rings. The average Bonchev–Trinajstić information content (AvgIpc) is 2.49. The van der Waals surface area contributed by atoms with Crippen LogP contribution in [0.1, 0.15) is 22.1 Å². The quantitative estimate of drug-likeness (QED) is 0.682. The fourth-order valence-electron chi connectivity index (χ4n) is 2.12. The number of halogens is 3. The summed E-state index contributed by atoms with van der Waals surface area (Å²) in [6.45, 7) is 1.95. The van der Waals surface area contributed by atoms with Gasteiger partial charge in [-0.25, -0.2) is 4.39 Å². The number of hydrogen-bond acceptors (Lipinski definition) is 2. The van der Waals surface area contributed by atoms with Crippen LogP contribution in [0.15, 0.2) is 34.8 Å². The predicted octanol–water partition coefficient (Wildman–Crippen LogP) is 5.24. The lowest BCUT2D eigenvalue weighted by Crippen LogP contribution is -2.00. The molecule has 0 aromatic heterocycles. The van der Waals surface area contributed by atoms with Crippen molar-refractivity contribution in [3.63, 3.8) is 0 Å². The maximum atomic E-state index is 13.3. The predicted molar refractivity (Wildman–Crippen MR) is 86.1 cm³/mol. The van der Waals surface area contributed by atoms with E-state index in [4.69, 9.17) is 21.1 Å². The molecule has 2 aromatic rings. The van der Waals surface area contributed by atoms with Crippen molar-refractivity contribution >= 4 is 27.5 Å². The monoisotopic (exact) mass is 372 g/mol. The second kappa shape index (κ2) is 6.67. The van der Waals surface area contributed by atoms with Crippen LogP contribution in [0.2, 0.25) is 0 Å². The van der Waals surface area contributed by atoms with E-state index in [0.29, 0.717) is 16.0 Å². The molecule has 2 aromatic carbocycles. The number of ether oxygens (including phenoxy) is 2. The van der Waals surface area contributed by atoms with Crippen molar-refractivity contribution in [1.29, 1.82) is 0 Å². The molecule has 0 radical (unpaired) electrons. The van der Waals surface area contributed by atoms with Crippen LogP contribution >= 0.6 is 27.5 Å². The molecule has 1 unspecified atom stereocenters. The van der Waals surface area contributed by atoms with Gasteiger partial charge in [0.1, 0.15) is 5.82 Å². The fourth-order valence-corrected chi connectivity index (χ4v) is 2.89. The summed E-state index contributed by atoms with van der Waals surface area (Å²) >= 11 is 9.72. The third-order valence-electron chi connectivity index (χ3n) is 3.28. The molecule has 0 saturated heterocycles. The first kappa shape index (κ1) is 16.1. The van der Waals surface area contributed by atoms with Crippen molar-refractivity contribution in [1.82, 2.24) is 0 Å². The van der Waals surface area contributed by atoms with Crippen molar-refractivity contribution in [3.8, 4) is 11.5 Å². The maximum Gasteiger partial charge on any atom is 0.161 e. The molecule has 0 saturated carbocycles. The lowest BCUT2D eigenvalue weighted by molar-refractivity contribution is 0.354. The van der Waals surface area contributed by atoms with Gasteiger partial charge in [-0.15, -0.1) is 11.6 Å². The molecule has 0 fully saturated rings. The first-order valence-corrected chi connectivity index (χ1v) is 7.52. The molecule has 0 N–H and O–H groups in total. The molecular formula is C16H15BrClFO2. The maximum absolute atomic E-state index is 13.3. The van der Waals surface area contributed by atoms with Crippen LogP contribution < -0.4 is 9.47 Å². The van der Waals surface area contributed by atoms with Crippen LogP contribution in [0.4, 0.5) is 4.39 Å². The van der Waals surface area contributed by atoms with Gasteiger partial charge in [-0.3, -0.25) is 0 Å². The summed E-state index contributed by atoms with van der Waals surface area (Å²) in [7, 11) is 3.17. The van der Waals surface area contributed by atoms with Gasteiger partial charge in [0, 0.05) is 0 Å². The van der Waals surface area contributed by atoms with Crippen molar-refractivity contribution in [2.75, 3.05) is 14.2 Å². The van der Waals surface area contributed by atoms with Gasteiger partial charge in [-0.2, -0.15) is 0 Å². The summed E-state index contributed by atoms with van der Waals surface area (Å²) < 4.78 is 24.3. The van der Waals surface area contributed by atoms with Crippen LogP contribution in [0.3, 0.4) is 0 Å². The van der Waals surface area contributed by atoms with Crippen molar-refractivity contribution in [2.24, 2.45) is 0 Å². The minimum Gasteiger partial charge on any atom is -0.493 e. The molecule has 0 bridgehead atoms. The molecule has 112 valence electrons. The summed E-state index contributed by atoms with van der Waals surface area (Å²) in [5.41, 5.74) is 2.68. The molecule has 1 atom stereocenters. The minimum absolute atomic E-state index is 0.313. The molecule has 0 amide bonds. The highest BCUT2D eigenvalue weighted by Crippen LogP contribution is 2.38. The van der Waals surface area contributed by atoms with E-state index in [1.165, 1.54) is 6.07 Å². The summed E-state index contributed by atoms with van der Waals surface area (Å²) in [6.07, 6.45) is 0. The molecule has 2 rings (SSSR count). The lowest BCUT2D eigenvalue weighted by Gasteiger charge is -2.17. The van der Waals surface area contributed by atoms with E-state index in [9.17, 15) is 4.39 Å². The highest BCUT2D eigenvalue weighted by molar-refractivity contribution is 9.10. The first-order valence-electron chi connectivity index (χ1n) is 6.29. The molecule has 5 heteroatoms. The molecule has 0 heterocycles. The molecule has 0 aliphatic heterocycles. The lowest BCUT2D eigenvalue weighted by atomic mass is 9.99. The fraction of sp³-hybridized carbons (Fsp3) is 0.250. The SMILES string of the molecule is COc1cc(C)c(C(Cl)c2ccc(F)c(Br)c2)cc1OC. The number of methoxy groups -OCH3 is 2. The van der Waals surface area contributed by atoms with Gasteiger partial charge in [0.05, 0.1) is 24.1 Å². The summed E-state index contributed by atoms with van der Waals surface area (Å²) in [6, 6.07) is 8.48. The Bertz CT molecular complexity index is 661. The van der Waals surface area contributed by atoms with Crippen LogP contribution in [-0.4, -0.2) is 14.2 Å². The highest BCUT2D eigenvalue weighted by Gasteiger charge is 2.18. The molecular weight excluding hydrogens is 359 g/mol. The van der Waals surface area contributed by atoms with Gasteiger partial charge < -0.3 is 9.47 Å². The number of alkyl halides is 1. The summed E-state index contributed by atoms with van der Waals surface area (Å²) in [4.78, 5) is 0. The molecule has 0 spiro atoms. The zero-order chi connectivity index (χ0) is 15.6. The Balaban J connectivity index is 2.47. The van der Waals surface area contributed by atoms with Crippen molar-refractivity contribution < 1.29 is 13.9 Å². The van der Waals surface area contributed by atoms with E-state index >= 15 is 0 Å². The van der Waals surface area contributed by atoms with Crippen LogP contribution in [0, 0.1) is 12.7 Å². The van der Waals surface area contributed by atoms with Gasteiger partial charge >= 0.3 is 0 Å². The number of hydrogen-bond donors (Lipinski definition) is 0.